The standard InChI is InChI=1S/C15H22N2O4S/c1-20-11-10-17-12-6-8-16-9-7-13(12)21-14-4-2-3-5-15(14)22(17,18)19/h2-5,12-13,16H,6-11H2,1H3/t12-,13-/m0/s1. The molecule has 2 heterocycles. The smallest absolute Gasteiger partial charge is 0.247 e. The maximum absolute atomic E-state index is 13.1. The van der Waals surface area contributed by atoms with Crippen molar-refractivity contribution in [3.8, 4) is 5.75 Å². The summed E-state index contributed by atoms with van der Waals surface area (Å²) in [6.07, 6.45) is 1.39. The minimum Gasteiger partial charge on any atom is -0.487 e. The molecule has 7 heteroatoms. The predicted molar refractivity (Wildman–Crippen MR) is 82.5 cm³/mol. The van der Waals surface area contributed by atoms with Crippen molar-refractivity contribution >= 4 is 10.0 Å². The van der Waals surface area contributed by atoms with E-state index in [0.29, 0.717) is 18.9 Å². The van der Waals surface area contributed by atoms with Crippen LogP contribution in [0, 0.1) is 0 Å². The molecule has 22 heavy (non-hydrogen) atoms. The van der Waals surface area contributed by atoms with Crippen molar-refractivity contribution in [3.05, 3.63) is 24.3 Å². The van der Waals surface area contributed by atoms with Gasteiger partial charge in [0.15, 0.2) is 0 Å². The molecule has 6 nitrogen and oxygen atoms in total. The van der Waals surface area contributed by atoms with Crippen LogP contribution in [0.5, 0.6) is 5.75 Å². The summed E-state index contributed by atoms with van der Waals surface area (Å²) in [5.74, 6) is 0.458. The lowest BCUT2D eigenvalue weighted by Crippen LogP contribution is -2.48. The highest BCUT2D eigenvalue weighted by Crippen LogP contribution is 2.35. The first-order valence-electron chi connectivity index (χ1n) is 7.62. The van der Waals surface area contributed by atoms with E-state index >= 15 is 0 Å². The SMILES string of the molecule is COCCN1[C@H]2CCNCC[C@@H]2Oc2ccccc2S1(=O)=O. The zero-order chi connectivity index (χ0) is 15.6. The molecular weight excluding hydrogens is 304 g/mol. The summed E-state index contributed by atoms with van der Waals surface area (Å²) in [5.41, 5.74) is 0. The largest absolute Gasteiger partial charge is 0.487 e. The Bertz CT molecular complexity index is 620. The molecule has 0 amide bonds. The van der Waals surface area contributed by atoms with Crippen molar-refractivity contribution in [3.63, 3.8) is 0 Å². The van der Waals surface area contributed by atoms with Gasteiger partial charge in [0.25, 0.3) is 0 Å². The van der Waals surface area contributed by atoms with E-state index in [-0.39, 0.29) is 17.0 Å². The normalized spacial score (nSPS) is 27.9. The summed E-state index contributed by atoms with van der Waals surface area (Å²) in [6, 6.07) is 6.73. The van der Waals surface area contributed by atoms with Crippen molar-refractivity contribution in [2.45, 2.75) is 29.9 Å². The number of benzene rings is 1. The second kappa shape index (κ2) is 6.54. The van der Waals surface area contributed by atoms with Gasteiger partial charge in [-0.05, 0) is 38.1 Å². The van der Waals surface area contributed by atoms with E-state index in [0.717, 1.165) is 25.9 Å². The summed E-state index contributed by atoms with van der Waals surface area (Å²) in [4.78, 5) is 0.257. The Morgan fingerprint density at radius 1 is 1.32 bits per heavy atom. The van der Waals surface area contributed by atoms with Crippen LogP contribution in [0.3, 0.4) is 0 Å². The highest BCUT2D eigenvalue weighted by molar-refractivity contribution is 7.89. The average Bonchev–Trinajstić information content (AvgIpc) is 2.77. The monoisotopic (exact) mass is 326 g/mol. The van der Waals surface area contributed by atoms with Crippen LogP contribution in [0.15, 0.2) is 29.2 Å². The molecule has 0 spiro atoms. The third-order valence-electron chi connectivity index (χ3n) is 4.25. The molecule has 0 aromatic heterocycles. The van der Waals surface area contributed by atoms with Gasteiger partial charge in [0.05, 0.1) is 12.6 Å². The van der Waals surface area contributed by atoms with E-state index in [1.807, 2.05) is 6.07 Å². The van der Waals surface area contributed by atoms with E-state index in [2.05, 4.69) is 5.32 Å². The van der Waals surface area contributed by atoms with Gasteiger partial charge in [-0.2, -0.15) is 4.31 Å². The molecule has 1 N–H and O–H groups in total. The Hall–Kier alpha value is -1.15. The molecule has 1 aromatic carbocycles. The molecule has 1 aromatic rings. The fourth-order valence-electron chi connectivity index (χ4n) is 3.16. The molecule has 0 aliphatic carbocycles. The molecule has 0 unspecified atom stereocenters. The van der Waals surface area contributed by atoms with Crippen LogP contribution in [0.25, 0.3) is 0 Å². The number of ether oxygens (including phenoxy) is 2. The highest BCUT2D eigenvalue weighted by atomic mass is 32.2. The lowest BCUT2D eigenvalue weighted by Gasteiger charge is -2.31. The van der Waals surface area contributed by atoms with E-state index in [1.165, 1.54) is 0 Å². The highest BCUT2D eigenvalue weighted by Gasteiger charge is 2.42. The van der Waals surface area contributed by atoms with E-state index < -0.39 is 10.0 Å². The molecule has 2 aliphatic heterocycles. The first-order chi connectivity index (χ1) is 10.6. The predicted octanol–water partition coefficient (Wildman–Crippen LogP) is 0.837. The molecule has 0 saturated carbocycles. The van der Waals surface area contributed by atoms with Gasteiger partial charge in [-0.1, -0.05) is 12.1 Å². The first kappa shape index (κ1) is 15.7. The van der Waals surface area contributed by atoms with Gasteiger partial charge in [0, 0.05) is 13.7 Å². The van der Waals surface area contributed by atoms with Crippen molar-refractivity contribution < 1.29 is 17.9 Å². The lowest BCUT2D eigenvalue weighted by molar-refractivity contribution is 0.0959. The summed E-state index contributed by atoms with van der Waals surface area (Å²) in [5, 5.41) is 3.32. The van der Waals surface area contributed by atoms with Gasteiger partial charge in [-0.3, -0.25) is 0 Å². The van der Waals surface area contributed by atoms with Crippen molar-refractivity contribution in [1.29, 1.82) is 0 Å². The van der Waals surface area contributed by atoms with Crippen LogP contribution in [0.4, 0.5) is 0 Å². The quantitative estimate of drug-likeness (QED) is 0.891. The van der Waals surface area contributed by atoms with E-state index in [1.54, 1.807) is 29.6 Å². The topological polar surface area (TPSA) is 67.9 Å². The van der Waals surface area contributed by atoms with Gasteiger partial charge < -0.3 is 14.8 Å². The number of sulfonamides is 1. The Morgan fingerprint density at radius 2 is 2.09 bits per heavy atom. The van der Waals surface area contributed by atoms with Crippen LogP contribution in [-0.4, -0.2) is 58.2 Å². The Morgan fingerprint density at radius 3 is 2.91 bits per heavy atom. The minimum absolute atomic E-state index is 0.134. The molecule has 0 radical (unpaired) electrons. The van der Waals surface area contributed by atoms with Gasteiger partial charge in [-0.25, -0.2) is 8.42 Å². The lowest BCUT2D eigenvalue weighted by atomic mass is 10.1. The molecule has 0 bridgehead atoms. The number of rotatable bonds is 3. The third kappa shape index (κ3) is 2.86. The zero-order valence-corrected chi connectivity index (χ0v) is 13.5. The number of para-hydroxylation sites is 1. The van der Waals surface area contributed by atoms with Crippen LogP contribution in [-0.2, 0) is 14.8 Å². The molecule has 2 aliphatic rings. The van der Waals surface area contributed by atoms with Crippen LogP contribution in [0.2, 0.25) is 0 Å². The second-order valence-corrected chi connectivity index (χ2v) is 7.47. The maximum Gasteiger partial charge on any atom is 0.247 e. The first-order valence-corrected chi connectivity index (χ1v) is 9.06. The van der Waals surface area contributed by atoms with Crippen molar-refractivity contribution in [1.82, 2.24) is 9.62 Å². The number of hydrogen-bond donors (Lipinski definition) is 1. The number of methoxy groups -OCH3 is 1. The fourth-order valence-corrected chi connectivity index (χ4v) is 4.95. The number of hydrogen-bond acceptors (Lipinski definition) is 5. The number of nitrogens with one attached hydrogen (secondary N) is 1. The van der Waals surface area contributed by atoms with Crippen molar-refractivity contribution in [2.75, 3.05) is 33.4 Å². The minimum atomic E-state index is -3.58. The van der Waals surface area contributed by atoms with Crippen molar-refractivity contribution in [2.24, 2.45) is 0 Å². The molecule has 1 saturated heterocycles. The summed E-state index contributed by atoms with van der Waals surface area (Å²) in [7, 11) is -1.99. The van der Waals surface area contributed by atoms with Gasteiger partial charge in [0.2, 0.25) is 10.0 Å². The molecule has 2 atom stereocenters. The molecule has 122 valence electrons. The summed E-state index contributed by atoms with van der Waals surface area (Å²) in [6.45, 7) is 2.34. The Kier molecular flexibility index (Phi) is 4.67. The Balaban J connectivity index is 2.06. The van der Waals surface area contributed by atoms with Crippen LogP contribution < -0.4 is 10.1 Å². The molecular formula is C15H22N2O4S. The average molecular weight is 326 g/mol. The fraction of sp³-hybridized carbons (Fsp3) is 0.600. The summed E-state index contributed by atoms with van der Waals surface area (Å²) < 4.78 is 38.9. The zero-order valence-electron chi connectivity index (χ0n) is 12.7. The van der Waals surface area contributed by atoms with Gasteiger partial charge >= 0.3 is 0 Å². The maximum atomic E-state index is 13.1. The van der Waals surface area contributed by atoms with E-state index in [9.17, 15) is 8.42 Å². The van der Waals surface area contributed by atoms with Gasteiger partial charge in [-0.15, -0.1) is 0 Å². The van der Waals surface area contributed by atoms with Crippen LogP contribution in [0.1, 0.15) is 12.8 Å². The summed E-state index contributed by atoms with van der Waals surface area (Å²) >= 11 is 0. The second-order valence-electron chi connectivity index (χ2n) is 5.61. The van der Waals surface area contributed by atoms with Crippen LogP contribution >= 0.6 is 0 Å². The van der Waals surface area contributed by atoms with Gasteiger partial charge in [0.1, 0.15) is 16.7 Å². The molecule has 1 fully saturated rings. The third-order valence-corrected chi connectivity index (χ3v) is 6.22. The number of nitrogens with zero attached hydrogens (tertiary/aromatic N) is 1. The Labute approximate surface area is 131 Å². The molecule has 3 rings (SSSR count). The van der Waals surface area contributed by atoms with E-state index in [4.69, 9.17) is 9.47 Å². The number of fused-ring (bicyclic) bond motifs is 2.